The number of carbonyl (C=O) groups is 1. The summed E-state index contributed by atoms with van der Waals surface area (Å²) in [6.07, 6.45) is 6.51. The van der Waals surface area contributed by atoms with Gasteiger partial charge in [-0.15, -0.1) is 11.6 Å². The molecule has 0 aromatic heterocycles. The highest BCUT2D eigenvalue weighted by Gasteiger charge is 2.41. The third-order valence-corrected chi connectivity index (χ3v) is 5.99. The minimum atomic E-state index is -0.765. The number of ether oxygens (including phenoxy) is 1. The van der Waals surface area contributed by atoms with Crippen LogP contribution in [0.2, 0.25) is 0 Å². The molecule has 1 saturated carbocycles. The first-order valence-corrected chi connectivity index (χ1v) is 10.3. The Morgan fingerprint density at radius 3 is 2.75 bits per heavy atom. The second-order valence-electron chi connectivity index (χ2n) is 7.43. The maximum atomic E-state index is 10.6. The van der Waals surface area contributed by atoms with Gasteiger partial charge in [-0.2, -0.15) is 0 Å². The van der Waals surface area contributed by atoms with Crippen LogP contribution >= 0.6 is 11.6 Å². The van der Waals surface area contributed by atoms with Gasteiger partial charge in [0, 0.05) is 23.1 Å². The average molecular weight is 403 g/mol. The zero-order valence-corrected chi connectivity index (χ0v) is 16.6. The summed E-state index contributed by atoms with van der Waals surface area (Å²) in [4.78, 5) is 10.6. The SMILES string of the molecule is O=C(O)CCC/C=C\C[C@@H]1[C@@H](COc2cccc3ccccc23)[C@H](O)C[C@H]1Cl. The van der Waals surface area contributed by atoms with E-state index in [2.05, 4.69) is 18.2 Å². The molecule has 0 aliphatic heterocycles. The summed E-state index contributed by atoms with van der Waals surface area (Å²) in [5.74, 6) is 0.178. The zero-order chi connectivity index (χ0) is 19.9. The van der Waals surface area contributed by atoms with E-state index in [1.807, 2.05) is 36.4 Å². The maximum absolute atomic E-state index is 10.6. The van der Waals surface area contributed by atoms with Gasteiger partial charge in [0.15, 0.2) is 0 Å². The molecule has 1 aliphatic rings. The number of allylic oxidation sites excluding steroid dienone is 2. The molecule has 2 aromatic carbocycles. The molecule has 4 nitrogen and oxygen atoms in total. The van der Waals surface area contributed by atoms with Crippen molar-refractivity contribution in [1.82, 2.24) is 0 Å². The van der Waals surface area contributed by atoms with Gasteiger partial charge in [0.05, 0.1) is 12.7 Å². The van der Waals surface area contributed by atoms with Crippen molar-refractivity contribution < 1.29 is 19.7 Å². The molecule has 0 amide bonds. The van der Waals surface area contributed by atoms with Gasteiger partial charge >= 0.3 is 5.97 Å². The lowest BCUT2D eigenvalue weighted by Crippen LogP contribution is -2.27. The molecule has 2 aromatic rings. The smallest absolute Gasteiger partial charge is 0.303 e. The van der Waals surface area contributed by atoms with Crippen molar-refractivity contribution in [3.05, 3.63) is 54.6 Å². The Kier molecular flexibility index (Phi) is 7.35. The number of unbranched alkanes of at least 4 members (excludes halogenated alkanes) is 1. The predicted octanol–water partition coefficient (Wildman–Crippen LogP) is 5.02. The standard InChI is InChI=1S/C23H27ClO4/c24-20-14-21(25)19(18(20)11-3-1-2-4-13-23(26)27)15-28-22-12-7-9-16-8-5-6-10-17(16)22/h1,3,5-10,12,18-21,25H,2,4,11,13-15H2,(H,26,27)/b3-1-/t18-,19-,20-,21-/m1/s1. The molecule has 5 heteroatoms. The number of benzene rings is 2. The predicted molar refractivity (Wildman–Crippen MR) is 112 cm³/mol. The number of carboxylic acid groups (broad SMARTS) is 1. The molecular formula is C23H27ClO4. The van der Waals surface area contributed by atoms with Gasteiger partial charge < -0.3 is 14.9 Å². The van der Waals surface area contributed by atoms with Crippen LogP contribution in [0.15, 0.2) is 54.6 Å². The number of alkyl halides is 1. The molecule has 0 spiro atoms. The van der Waals surface area contributed by atoms with Crippen LogP contribution in [0.4, 0.5) is 0 Å². The molecule has 0 heterocycles. The largest absolute Gasteiger partial charge is 0.493 e. The zero-order valence-electron chi connectivity index (χ0n) is 15.8. The molecule has 4 atom stereocenters. The first-order valence-electron chi connectivity index (χ1n) is 9.85. The number of aliphatic carboxylic acids is 1. The number of fused-ring (bicyclic) bond motifs is 1. The van der Waals surface area contributed by atoms with E-state index < -0.39 is 12.1 Å². The van der Waals surface area contributed by atoms with E-state index in [-0.39, 0.29) is 23.6 Å². The minimum absolute atomic E-state index is 0.0230. The molecule has 0 unspecified atom stereocenters. The molecule has 1 fully saturated rings. The fourth-order valence-corrected chi connectivity index (χ4v) is 4.41. The van der Waals surface area contributed by atoms with Crippen LogP contribution in [0.3, 0.4) is 0 Å². The van der Waals surface area contributed by atoms with Crippen molar-refractivity contribution in [1.29, 1.82) is 0 Å². The molecular weight excluding hydrogens is 376 g/mol. The molecule has 2 N–H and O–H groups in total. The summed E-state index contributed by atoms with van der Waals surface area (Å²) < 4.78 is 6.12. The van der Waals surface area contributed by atoms with E-state index in [0.29, 0.717) is 19.4 Å². The maximum Gasteiger partial charge on any atom is 0.303 e. The highest BCUT2D eigenvalue weighted by Crippen LogP contribution is 2.39. The first-order chi connectivity index (χ1) is 13.6. The average Bonchev–Trinajstić information content (AvgIpc) is 2.95. The molecule has 3 rings (SSSR count). The van der Waals surface area contributed by atoms with E-state index in [0.717, 1.165) is 29.4 Å². The van der Waals surface area contributed by atoms with Crippen molar-refractivity contribution in [2.24, 2.45) is 11.8 Å². The van der Waals surface area contributed by atoms with Crippen LogP contribution in [-0.2, 0) is 4.79 Å². The Balaban J connectivity index is 1.59. The summed E-state index contributed by atoms with van der Waals surface area (Å²) in [5, 5.41) is 21.3. The van der Waals surface area contributed by atoms with E-state index in [4.69, 9.17) is 21.4 Å². The van der Waals surface area contributed by atoms with Crippen molar-refractivity contribution in [2.45, 2.75) is 43.6 Å². The van der Waals surface area contributed by atoms with Crippen LogP contribution in [0.25, 0.3) is 10.8 Å². The van der Waals surface area contributed by atoms with Crippen LogP contribution < -0.4 is 4.74 Å². The van der Waals surface area contributed by atoms with Crippen molar-refractivity contribution in [2.75, 3.05) is 6.61 Å². The summed E-state index contributed by atoms with van der Waals surface area (Å²) >= 11 is 6.50. The van der Waals surface area contributed by atoms with Gasteiger partial charge in [-0.1, -0.05) is 48.6 Å². The summed E-state index contributed by atoms with van der Waals surface area (Å²) in [7, 11) is 0. The van der Waals surface area contributed by atoms with Crippen molar-refractivity contribution in [3.63, 3.8) is 0 Å². The van der Waals surface area contributed by atoms with Gasteiger partial charge in [-0.25, -0.2) is 0 Å². The Bertz CT molecular complexity index is 814. The topological polar surface area (TPSA) is 66.8 Å². The third-order valence-electron chi connectivity index (χ3n) is 5.49. The van der Waals surface area contributed by atoms with Crippen LogP contribution in [0.5, 0.6) is 5.75 Å². The van der Waals surface area contributed by atoms with Crippen LogP contribution in [0.1, 0.15) is 32.1 Å². The van der Waals surface area contributed by atoms with Crippen LogP contribution in [-0.4, -0.2) is 34.3 Å². The van der Waals surface area contributed by atoms with E-state index in [1.165, 1.54) is 0 Å². The molecule has 28 heavy (non-hydrogen) atoms. The van der Waals surface area contributed by atoms with Gasteiger partial charge in [0.2, 0.25) is 0 Å². The number of aliphatic hydroxyl groups excluding tert-OH is 1. The number of halogens is 1. The van der Waals surface area contributed by atoms with Gasteiger partial charge in [-0.05, 0) is 43.1 Å². The number of rotatable bonds is 9. The fourth-order valence-electron chi connectivity index (χ4n) is 3.94. The lowest BCUT2D eigenvalue weighted by Gasteiger charge is -2.23. The Labute approximate surface area is 170 Å². The fraction of sp³-hybridized carbons (Fsp3) is 0.435. The molecule has 1 aliphatic carbocycles. The Morgan fingerprint density at radius 2 is 1.93 bits per heavy atom. The summed E-state index contributed by atoms with van der Waals surface area (Å²) in [6, 6.07) is 14.1. The number of carboxylic acids is 1. The molecule has 0 saturated heterocycles. The van der Waals surface area contributed by atoms with E-state index in [1.54, 1.807) is 0 Å². The lowest BCUT2D eigenvalue weighted by molar-refractivity contribution is -0.137. The first kappa shape index (κ1) is 20.7. The van der Waals surface area contributed by atoms with E-state index >= 15 is 0 Å². The highest BCUT2D eigenvalue weighted by atomic mass is 35.5. The molecule has 0 radical (unpaired) electrons. The third kappa shape index (κ3) is 5.27. The Hall–Kier alpha value is -2.04. The second kappa shape index (κ2) is 9.94. The van der Waals surface area contributed by atoms with Gasteiger partial charge in [0.1, 0.15) is 5.75 Å². The summed E-state index contributed by atoms with van der Waals surface area (Å²) in [6.45, 7) is 0.427. The van der Waals surface area contributed by atoms with Crippen LogP contribution in [0, 0.1) is 11.8 Å². The number of hydrogen-bond acceptors (Lipinski definition) is 3. The lowest BCUT2D eigenvalue weighted by atomic mass is 9.92. The summed E-state index contributed by atoms with van der Waals surface area (Å²) in [5.41, 5.74) is 0. The molecule has 150 valence electrons. The van der Waals surface area contributed by atoms with Crippen molar-refractivity contribution in [3.8, 4) is 5.75 Å². The van der Waals surface area contributed by atoms with Gasteiger partial charge in [-0.3, -0.25) is 4.79 Å². The molecule has 0 bridgehead atoms. The normalized spacial score (nSPS) is 24.8. The monoisotopic (exact) mass is 402 g/mol. The van der Waals surface area contributed by atoms with Gasteiger partial charge in [0.25, 0.3) is 0 Å². The highest BCUT2D eigenvalue weighted by molar-refractivity contribution is 6.21. The Morgan fingerprint density at radius 1 is 1.14 bits per heavy atom. The van der Waals surface area contributed by atoms with Crippen molar-refractivity contribution >= 4 is 28.3 Å². The minimum Gasteiger partial charge on any atom is -0.493 e. The second-order valence-corrected chi connectivity index (χ2v) is 7.99. The van der Waals surface area contributed by atoms with E-state index in [9.17, 15) is 9.90 Å². The number of hydrogen-bond donors (Lipinski definition) is 2. The quantitative estimate of drug-likeness (QED) is 0.351. The number of aliphatic hydroxyl groups is 1.